The van der Waals surface area contributed by atoms with E-state index in [1.165, 1.54) is 0 Å². The lowest BCUT2D eigenvalue weighted by molar-refractivity contribution is -0.0550. The van der Waals surface area contributed by atoms with E-state index in [0.717, 1.165) is 11.1 Å². The van der Waals surface area contributed by atoms with Gasteiger partial charge in [-0.2, -0.15) is 0 Å². The van der Waals surface area contributed by atoms with Crippen LogP contribution in [0.15, 0.2) is 65.7 Å². The Labute approximate surface area is 310 Å². The Morgan fingerprint density at radius 3 is 2.09 bits per heavy atom. The van der Waals surface area contributed by atoms with E-state index < -0.39 is 23.2 Å². The monoisotopic (exact) mass is 751 g/mol. The predicted molar refractivity (Wildman–Crippen MR) is 199 cm³/mol. The molecule has 2 saturated heterocycles. The number of carbonyl (C=O) groups excluding carboxylic acids is 2. The number of hydrogen-bond donors (Lipinski definition) is 4. The van der Waals surface area contributed by atoms with Crippen molar-refractivity contribution in [3.05, 3.63) is 82.3 Å². The highest BCUT2D eigenvalue weighted by atomic mass is 19.3. The molecule has 5 heterocycles. The number of carbonyl (C=O) groups is 2. The number of amides is 3. The number of aromatic nitrogens is 3. The largest absolute Gasteiger partial charge is 0.369 e. The van der Waals surface area contributed by atoms with Gasteiger partial charge in [-0.25, -0.2) is 27.3 Å². The first-order chi connectivity index (χ1) is 25.9. The van der Waals surface area contributed by atoms with Gasteiger partial charge in [-0.05, 0) is 42.8 Å². The average Bonchev–Trinajstić information content (AvgIpc) is 3.16. The highest BCUT2D eigenvalue weighted by Crippen LogP contribution is 2.29. The van der Waals surface area contributed by atoms with Crippen molar-refractivity contribution in [2.24, 2.45) is 0 Å². The van der Waals surface area contributed by atoms with Gasteiger partial charge in [0.25, 0.3) is 17.8 Å². The molecule has 4 aromatic rings. The summed E-state index contributed by atoms with van der Waals surface area (Å²) in [4.78, 5) is 53.0. The Hall–Kier alpha value is -5.09. The third-order valence-electron chi connectivity index (χ3n) is 9.88. The number of pyridine rings is 3. The summed E-state index contributed by atoms with van der Waals surface area (Å²) < 4.78 is 56.6. The number of halogens is 4. The van der Waals surface area contributed by atoms with Gasteiger partial charge >= 0.3 is 6.03 Å². The fourth-order valence-electron chi connectivity index (χ4n) is 6.72. The normalized spacial score (nSPS) is 17.2. The summed E-state index contributed by atoms with van der Waals surface area (Å²) in [5, 5.41) is 11.9. The number of benzene rings is 1. The van der Waals surface area contributed by atoms with Crippen LogP contribution in [0, 0.1) is 0 Å². The zero-order chi connectivity index (χ0) is 38.3. The standard InChI is InChI=1S/C38H45F4N9O3/c1-2-51-33-29(9-10-30(48-33)27-5-7-28(8-6-27)47-36(54)46-25-26-4-3-15-43-24-26)32(52)31(34(51)44-16-22-49-18-11-37(39,40)12-19-49)35(53)45-17-23-50-20-13-38(41,42)14-21-50/h3-10,15,24,44H,2,11-14,16-23,25H2,1H3,(H,45,53)(H2,46,47,54). The van der Waals surface area contributed by atoms with Crippen molar-refractivity contribution in [2.45, 2.75) is 57.5 Å². The summed E-state index contributed by atoms with van der Waals surface area (Å²) >= 11 is 0. The van der Waals surface area contributed by atoms with Gasteiger partial charge in [0.1, 0.15) is 17.0 Å². The molecule has 4 N–H and O–H groups in total. The summed E-state index contributed by atoms with van der Waals surface area (Å²) in [6, 6.07) is 13.7. The highest BCUT2D eigenvalue weighted by Gasteiger charge is 2.35. The topological polar surface area (TPSA) is 137 Å². The minimum atomic E-state index is -2.68. The molecule has 0 radical (unpaired) electrons. The number of aryl methyl sites for hydroxylation is 1. The molecule has 2 aliphatic rings. The summed E-state index contributed by atoms with van der Waals surface area (Å²) in [6.07, 6.45) is 2.39. The first-order valence-corrected chi connectivity index (χ1v) is 18.3. The van der Waals surface area contributed by atoms with Crippen LogP contribution in [0.25, 0.3) is 22.3 Å². The maximum Gasteiger partial charge on any atom is 0.319 e. The summed E-state index contributed by atoms with van der Waals surface area (Å²) in [5.41, 5.74) is 2.42. The summed E-state index contributed by atoms with van der Waals surface area (Å²) in [6.45, 7) is 4.63. The Bertz CT molecular complexity index is 1970. The Morgan fingerprint density at radius 2 is 1.48 bits per heavy atom. The molecule has 0 atom stereocenters. The van der Waals surface area contributed by atoms with Gasteiger partial charge in [-0.1, -0.05) is 18.2 Å². The first-order valence-electron chi connectivity index (χ1n) is 18.3. The second-order valence-electron chi connectivity index (χ2n) is 13.7. The van der Waals surface area contributed by atoms with Gasteiger partial charge in [0.2, 0.25) is 5.43 Å². The highest BCUT2D eigenvalue weighted by molar-refractivity contribution is 6.02. The van der Waals surface area contributed by atoms with Crippen LogP contribution in [0.2, 0.25) is 0 Å². The van der Waals surface area contributed by atoms with Crippen LogP contribution in [0.1, 0.15) is 48.5 Å². The molecular formula is C38H45F4N9O3. The van der Waals surface area contributed by atoms with E-state index in [0.29, 0.717) is 43.2 Å². The lowest BCUT2D eigenvalue weighted by Crippen LogP contribution is -2.43. The molecule has 3 aromatic heterocycles. The van der Waals surface area contributed by atoms with E-state index in [2.05, 4.69) is 26.3 Å². The van der Waals surface area contributed by atoms with Crippen LogP contribution < -0.4 is 26.7 Å². The number of piperidine rings is 2. The molecule has 0 bridgehead atoms. The van der Waals surface area contributed by atoms with E-state index in [-0.39, 0.29) is 87.8 Å². The minimum Gasteiger partial charge on any atom is -0.369 e. The molecule has 0 aliphatic carbocycles. The molecule has 3 amide bonds. The minimum absolute atomic E-state index is 0.105. The predicted octanol–water partition coefficient (Wildman–Crippen LogP) is 5.40. The summed E-state index contributed by atoms with van der Waals surface area (Å²) in [7, 11) is 0. The smallest absolute Gasteiger partial charge is 0.319 e. The Morgan fingerprint density at radius 1 is 0.833 bits per heavy atom. The lowest BCUT2D eigenvalue weighted by atomic mass is 10.1. The molecular weight excluding hydrogens is 706 g/mol. The number of urea groups is 1. The van der Waals surface area contributed by atoms with Crippen LogP contribution in [-0.4, -0.2) is 100 Å². The molecule has 0 unspecified atom stereocenters. The van der Waals surface area contributed by atoms with Crippen LogP contribution in [0.4, 0.5) is 33.9 Å². The lowest BCUT2D eigenvalue weighted by Gasteiger charge is -2.32. The van der Waals surface area contributed by atoms with Crippen molar-refractivity contribution < 1.29 is 27.2 Å². The quantitative estimate of drug-likeness (QED) is 0.133. The van der Waals surface area contributed by atoms with Gasteiger partial charge in [-0.15, -0.1) is 0 Å². The first kappa shape index (κ1) is 38.6. The van der Waals surface area contributed by atoms with Crippen molar-refractivity contribution in [3.63, 3.8) is 0 Å². The fraction of sp³-hybridized carbons (Fsp3) is 0.447. The zero-order valence-electron chi connectivity index (χ0n) is 30.1. The number of alkyl halides is 4. The molecule has 2 fully saturated rings. The van der Waals surface area contributed by atoms with Crippen molar-refractivity contribution in [3.8, 4) is 11.3 Å². The van der Waals surface area contributed by atoms with Gasteiger partial charge in [0, 0.05) is 115 Å². The van der Waals surface area contributed by atoms with E-state index in [9.17, 15) is 31.9 Å². The Kier molecular flexibility index (Phi) is 12.1. The average molecular weight is 752 g/mol. The van der Waals surface area contributed by atoms with Crippen LogP contribution >= 0.6 is 0 Å². The summed E-state index contributed by atoms with van der Waals surface area (Å²) in [5.74, 6) is -5.71. The van der Waals surface area contributed by atoms with E-state index in [1.54, 1.807) is 59.4 Å². The number of anilines is 2. The molecule has 1 aromatic carbocycles. The molecule has 2 aliphatic heterocycles. The van der Waals surface area contributed by atoms with Crippen molar-refractivity contribution >= 4 is 34.5 Å². The molecule has 54 heavy (non-hydrogen) atoms. The molecule has 16 heteroatoms. The third kappa shape index (κ3) is 9.71. The number of nitrogens with zero attached hydrogens (tertiary/aromatic N) is 5. The van der Waals surface area contributed by atoms with Crippen molar-refractivity contribution in [2.75, 3.05) is 63.0 Å². The Balaban J connectivity index is 1.21. The number of hydrogen-bond acceptors (Lipinski definition) is 8. The van der Waals surface area contributed by atoms with Gasteiger partial charge in [-0.3, -0.25) is 14.6 Å². The SMILES string of the molecule is CCn1c(NCCN2CCC(F)(F)CC2)c(C(=O)NCCN2CCC(F)(F)CC2)c(=O)c2ccc(-c3ccc(NC(=O)NCc4cccnc4)cc3)nc21. The number of rotatable bonds is 13. The zero-order valence-corrected chi connectivity index (χ0v) is 30.1. The molecule has 0 saturated carbocycles. The van der Waals surface area contributed by atoms with Gasteiger partial charge in [0.15, 0.2) is 0 Å². The molecule has 12 nitrogen and oxygen atoms in total. The second kappa shape index (κ2) is 16.9. The number of fused-ring (bicyclic) bond motifs is 1. The van der Waals surface area contributed by atoms with E-state index in [4.69, 9.17) is 4.98 Å². The second-order valence-corrected chi connectivity index (χ2v) is 13.7. The van der Waals surface area contributed by atoms with E-state index >= 15 is 0 Å². The van der Waals surface area contributed by atoms with Crippen LogP contribution in [0.3, 0.4) is 0 Å². The van der Waals surface area contributed by atoms with Crippen molar-refractivity contribution in [1.29, 1.82) is 0 Å². The maximum atomic E-state index is 14.1. The maximum absolute atomic E-state index is 14.1. The van der Waals surface area contributed by atoms with E-state index in [1.807, 2.05) is 22.8 Å². The third-order valence-corrected chi connectivity index (χ3v) is 9.88. The van der Waals surface area contributed by atoms with Gasteiger partial charge < -0.3 is 35.6 Å². The molecule has 0 spiro atoms. The molecule has 6 rings (SSSR count). The fourth-order valence-corrected chi connectivity index (χ4v) is 6.72. The molecule has 288 valence electrons. The number of nitrogens with one attached hydrogen (secondary N) is 4. The van der Waals surface area contributed by atoms with Crippen molar-refractivity contribution in [1.82, 2.24) is 35.0 Å². The van der Waals surface area contributed by atoms with Crippen LogP contribution in [-0.2, 0) is 13.1 Å². The number of likely N-dealkylation sites (tertiary alicyclic amines) is 2. The van der Waals surface area contributed by atoms with Gasteiger partial charge in [0.05, 0.1) is 11.1 Å². The van der Waals surface area contributed by atoms with Crippen LogP contribution in [0.5, 0.6) is 0 Å².